The lowest BCUT2D eigenvalue weighted by Crippen LogP contribution is -2.28. The number of fused-ring (bicyclic) bond motifs is 1. The molecule has 5 nitrogen and oxygen atoms in total. The van der Waals surface area contributed by atoms with Gasteiger partial charge < -0.3 is 24.5 Å². The molecule has 0 radical (unpaired) electrons. The highest BCUT2D eigenvalue weighted by Crippen LogP contribution is 2.30. The lowest BCUT2D eigenvalue weighted by molar-refractivity contribution is -0.255. The summed E-state index contributed by atoms with van der Waals surface area (Å²) in [6.45, 7) is 1.30. The maximum Gasteiger partial charge on any atom is 0.123 e. The zero-order valence-electron chi connectivity index (χ0n) is 16.4. The minimum Gasteiger partial charge on any atom is -0.543 e. The average Bonchev–Trinajstić information content (AvgIpc) is 3.36. The molecule has 0 spiro atoms. The molecule has 7 heteroatoms. The van der Waals surface area contributed by atoms with Crippen molar-refractivity contribution >= 4 is 28.2 Å². The van der Waals surface area contributed by atoms with Gasteiger partial charge in [-0.05, 0) is 41.3 Å². The molecule has 30 heavy (non-hydrogen) atoms. The third-order valence-corrected chi connectivity index (χ3v) is 5.88. The van der Waals surface area contributed by atoms with E-state index in [1.54, 1.807) is 35.1 Å². The minimum atomic E-state index is -1.25. The van der Waals surface area contributed by atoms with Gasteiger partial charge in [-0.1, -0.05) is 18.2 Å². The van der Waals surface area contributed by atoms with Crippen LogP contribution in [0.2, 0.25) is 0 Å². The zero-order chi connectivity index (χ0) is 21.1. The van der Waals surface area contributed by atoms with E-state index in [1.165, 1.54) is 17.0 Å². The van der Waals surface area contributed by atoms with Crippen molar-refractivity contribution in [1.82, 2.24) is 9.88 Å². The van der Waals surface area contributed by atoms with Gasteiger partial charge in [-0.3, -0.25) is 0 Å². The maximum atomic E-state index is 13.3. The molecule has 0 aliphatic heterocycles. The standard InChI is InChI=1S/C23H21FN2O3S/c1-29-17-8-9-19-20(13-25-12-18-3-2-10-30-18)22(23(27)28)26(21(19)11-17)14-15-4-6-16(24)7-5-15/h2-11,25H,12-14H2,1H3,(H,27,28)/p-1. The molecule has 0 unspecified atom stereocenters. The molecule has 2 heterocycles. The second kappa shape index (κ2) is 8.69. The van der Waals surface area contributed by atoms with Crippen molar-refractivity contribution in [3.8, 4) is 5.75 Å². The Morgan fingerprint density at radius 2 is 1.97 bits per heavy atom. The van der Waals surface area contributed by atoms with Crippen molar-refractivity contribution < 1.29 is 19.0 Å². The van der Waals surface area contributed by atoms with Crippen LogP contribution in [0.4, 0.5) is 4.39 Å². The van der Waals surface area contributed by atoms with Crippen LogP contribution in [-0.2, 0) is 19.6 Å². The van der Waals surface area contributed by atoms with E-state index in [9.17, 15) is 14.3 Å². The Morgan fingerprint density at radius 3 is 2.63 bits per heavy atom. The number of hydrogen-bond donors (Lipinski definition) is 1. The van der Waals surface area contributed by atoms with Crippen molar-refractivity contribution in [3.63, 3.8) is 0 Å². The number of ether oxygens (including phenoxy) is 1. The lowest BCUT2D eigenvalue weighted by Gasteiger charge is -2.14. The van der Waals surface area contributed by atoms with E-state index in [0.717, 1.165) is 16.5 Å². The number of methoxy groups -OCH3 is 1. The predicted octanol–water partition coefficient (Wildman–Crippen LogP) is 3.55. The monoisotopic (exact) mass is 423 g/mol. The number of halogens is 1. The number of hydrogen-bond acceptors (Lipinski definition) is 5. The molecule has 4 rings (SSSR count). The maximum absolute atomic E-state index is 13.3. The molecule has 2 aromatic carbocycles. The molecule has 0 fully saturated rings. The molecule has 4 aromatic rings. The first-order valence-corrected chi connectivity index (χ1v) is 10.3. The topological polar surface area (TPSA) is 66.3 Å². The first-order chi connectivity index (χ1) is 14.6. The van der Waals surface area contributed by atoms with E-state index in [1.807, 2.05) is 35.7 Å². The van der Waals surface area contributed by atoms with Gasteiger partial charge in [0.2, 0.25) is 0 Å². The van der Waals surface area contributed by atoms with Crippen LogP contribution < -0.4 is 15.2 Å². The number of carboxylic acids is 1. The van der Waals surface area contributed by atoms with E-state index >= 15 is 0 Å². The van der Waals surface area contributed by atoms with Crippen molar-refractivity contribution in [2.45, 2.75) is 19.6 Å². The highest BCUT2D eigenvalue weighted by atomic mass is 32.1. The van der Waals surface area contributed by atoms with Crippen LogP contribution in [0.1, 0.15) is 26.5 Å². The Hall–Kier alpha value is -3.16. The van der Waals surface area contributed by atoms with Crippen LogP contribution in [-0.4, -0.2) is 17.6 Å². The highest BCUT2D eigenvalue weighted by Gasteiger charge is 2.19. The number of aromatic carboxylic acids is 1. The molecular weight excluding hydrogens is 403 g/mol. The Kier molecular flexibility index (Phi) is 5.83. The molecule has 154 valence electrons. The SMILES string of the molecule is COc1ccc2c(CNCc3cccs3)c(C(=O)[O-])n(Cc3ccc(F)cc3)c2c1. The van der Waals surface area contributed by atoms with Gasteiger partial charge in [0.25, 0.3) is 0 Å². The molecule has 2 aromatic heterocycles. The van der Waals surface area contributed by atoms with Crippen molar-refractivity contribution in [2.75, 3.05) is 7.11 Å². The smallest absolute Gasteiger partial charge is 0.123 e. The number of carbonyl (C=O) groups is 1. The Bertz CT molecular complexity index is 1170. The summed E-state index contributed by atoms with van der Waals surface area (Å²) < 4.78 is 20.3. The third kappa shape index (κ3) is 4.08. The lowest BCUT2D eigenvalue weighted by atomic mass is 10.1. The fraction of sp³-hybridized carbons (Fsp3) is 0.174. The van der Waals surface area contributed by atoms with Gasteiger partial charge in [0.1, 0.15) is 11.6 Å². The summed E-state index contributed by atoms with van der Waals surface area (Å²) in [6, 6.07) is 15.5. The molecule has 0 saturated heterocycles. The molecule has 1 N–H and O–H groups in total. The summed E-state index contributed by atoms with van der Waals surface area (Å²) in [5.41, 5.74) is 2.29. The van der Waals surface area contributed by atoms with Crippen molar-refractivity contribution in [3.05, 3.63) is 87.5 Å². The van der Waals surface area contributed by atoms with Crippen LogP contribution in [0, 0.1) is 5.82 Å². The number of nitrogens with one attached hydrogen (secondary N) is 1. The molecule has 0 bridgehead atoms. The van der Waals surface area contributed by atoms with Gasteiger partial charge in [0, 0.05) is 41.5 Å². The van der Waals surface area contributed by atoms with Crippen LogP contribution in [0.5, 0.6) is 5.75 Å². The fourth-order valence-corrected chi connectivity index (χ4v) is 4.28. The van der Waals surface area contributed by atoms with E-state index in [2.05, 4.69) is 5.32 Å². The number of thiophene rings is 1. The van der Waals surface area contributed by atoms with Crippen LogP contribution in [0.3, 0.4) is 0 Å². The summed E-state index contributed by atoms with van der Waals surface area (Å²) in [7, 11) is 1.57. The predicted molar refractivity (Wildman–Crippen MR) is 113 cm³/mol. The van der Waals surface area contributed by atoms with Crippen LogP contribution in [0.25, 0.3) is 10.9 Å². The number of carboxylic acid groups (broad SMARTS) is 1. The van der Waals surface area contributed by atoms with Crippen LogP contribution >= 0.6 is 11.3 Å². The van der Waals surface area contributed by atoms with Crippen LogP contribution in [0.15, 0.2) is 60.0 Å². The molecule has 0 amide bonds. The van der Waals surface area contributed by atoms with Gasteiger partial charge in [0.05, 0.1) is 24.3 Å². The van der Waals surface area contributed by atoms with Gasteiger partial charge in [-0.15, -0.1) is 11.3 Å². The molecule has 0 aliphatic carbocycles. The third-order valence-electron chi connectivity index (χ3n) is 5.00. The number of aromatic nitrogens is 1. The van der Waals surface area contributed by atoms with E-state index in [0.29, 0.717) is 24.4 Å². The number of nitrogens with zero attached hydrogens (tertiary/aromatic N) is 1. The molecule has 0 atom stereocenters. The van der Waals surface area contributed by atoms with E-state index in [4.69, 9.17) is 4.74 Å². The Balaban J connectivity index is 1.77. The number of carbonyl (C=O) groups excluding carboxylic acids is 1. The summed E-state index contributed by atoms with van der Waals surface area (Å²) >= 11 is 1.64. The Labute approximate surface area is 177 Å². The normalized spacial score (nSPS) is 11.1. The second-order valence-electron chi connectivity index (χ2n) is 6.89. The average molecular weight is 423 g/mol. The summed E-state index contributed by atoms with van der Waals surface area (Å²) in [5.74, 6) is -0.958. The summed E-state index contributed by atoms with van der Waals surface area (Å²) in [5, 5.41) is 18.3. The van der Waals surface area contributed by atoms with E-state index < -0.39 is 5.97 Å². The zero-order valence-corrected chi connectivity index (χ0v) is 17.2. The largest absolute Gasteiger partial charge is 0.543 e. The molecule has 0 saturated carbocycles. The first-order valence-electron chi connectivity index (χ1n) is 9.45. The molecular formula is C23H20FN2O3S-. The van der Waals surface area contributed by atoms with Gasteiger partial charge in [-0.25, -0.2) is 4.39 Å². The quantitative estimate of drug-likeness (QED) is 0.471. The van der Waals surface area contributed by atoms with Crippen molar-refractivity contribution in [1.29, 1.82) is 0 Å². The number of rotatable bonds is 8. The van der Waals surface area contributed by atoms with Gasteiger partial charge >= 0.3 is 0 Å². The summed E-state index contributed by atoms with van der Waals surface area (Å²) in [4.78, 5) is 13.3. The Morgan fingerprint density at radius 1 is 1.17 bits per heavy atom. The molecule has 0 aliphatic rings. The summed E-state index contributed by atoms with van der Waals surface area (Å²) in [6.07, 6.45) is 0. The van der Waals surface area contributed by atoms with E-state index in [-0.39, 0.29) is 18.1 Å². The highest BCUT2D eigenvalue weighted by molar-refractivity contribution is 7.09. The fourth-order valence-electron chi connectivity index (χ4n) is 3.60. The van der Waals surface area contributed by atoms with Gasteiger partial charge in [-0.2, -0.15) is 0 Å². The first kappa shape index (κ1) is 20.1. The number of benzene rings is 2. The van der Waals surface area contributed by atoms with Crippen molar-refractivity contribution in [2.24, 2.45) is 0 Å². The second-order valence-corrected chi connectivity index (χ2v) is 7.93. The minimum absolute atomic E-state index is 0.112. The van der Waals surface area contributed by atoms with Gasteiger partial charge in [0.15, 0.2) is 0 Å².